The molecule has 0 radical (unpaired) electrons. The quantitative estimate of drug-likeness (QED) is 0.723. The molecular weight excluding hydrogens is 230 g/mol. The molecule has 6 heteroatoms. The lowest BCUT2D eigenvalue weighted by atomic mass is 10.2. The molecule has 1 rings (SSSR count). The molecular formula is C11H16F2N2O2. The number of benzene rings is 1. The third-order valence-corrected chi connectivity index (χ3v) is 2.10. The van der Waals surface area contributed by atoms with E-state index in [1.165, 1.54) is 13.2 Å². The first-order valence-electron chi connectivity index (χ1n) is 5.24. The molecule has 0 heterocycles. The van der Waals surface area contributed by atoms with Crippen molar-refractivity contribution >= 4 is 5.69 Å². The van der Waals surface area contributed by atoms with Crippen molar-refractivity contribution in [3.8, 4) is 11.5 Å². The van der Waals surface area contributed by atoms with E-state index in [0.29, 0.717) is 24.5 Å². The molecule has 0 atom stereocenters. The molecule has 1 aromatic rings. The van der Waals surface area contributed by atoms with Gasteiger partial charge in [0, 0.05) is 12.6 Å². The zero-order chi connectivity index (χ0) is 12.7. The van der Waals surface area contributed by atoms with Gasteiger partial charge in [-0.05, 0) is 25.1 Å². The van der Waals surface area contributed by atoms with E-state index in [2.05, 4.69) is 10.1 Å². The number of anilines is 1. The van der Waals surface area contributed by atoms with E-state index in [-0.39, 0.29) is 5.75 Å². The van der Waals surface area contributed by atoms with Crippen LogP contribution in [0, 0.1) is 0 Å². The maximum absolute atomic E-state index is 12.2. The van der Waals surface area contributed by atoms with Gasteiger partial charge in [0.25, 0.3) is 0 Å². The minimum Gasteiger partial charge on any atom is -0.497 e. The van der Waals surface area contributed by atoms with Crippen molar-refractivity contribution in [2.24, 2.45) is 5.73 Å². The molecule has 3 N–H and O–H groups in total. The van der Waals surface area contributed by atoms with Crippen LogP contribution in [0.1, 0.15) is 6.42 Å². The van der Waals surface area contributed by atoms with Crippen LogP contribution in [0.4, 0.5) is 14.5 Å². The van der Waals surface area contributed by atoms with Gasteiger partial charge in [-0.1, -0.05) is 0 Å². The monoisotopic (exact) mass is 246 g/mol. The van der Waals surface area contributed by atoms with Gasteiger partial charge in [0.1, 0.15) is 11.5 Å². The number of nitrogens with one attached hydrogen (secondary N) is 1. The summed E-state index contributed by atoms with van der Waals surface area (Å²) in [6, 6.07) is 4.61. The number of rotatable bonds is 7. The topological polar surface area (TPSA) is 56.5 Å². The van der Waals surface area contributed by atoms with Crippen molar-refractivity contribution in [1.29, 1.82) is 0 Å². The molecule has 96 valence electrons. The molecule has 0 aromatic heterocycles. The summed E-state index contributed by atoms with van der Waals surface area (Å²) in [5.41, 5.74) is 5.82. The summed E-state index contributed by atoms with van der Waals surface area (Å²) in [6.07, 6.45) is 0.741. The lowest BCUT2D eigenvalue weighted by molar-refractivity contribution is -0.0493. The van der Waals surface area contributed by atoms with Crippen LogP contribution in [-0.4, -0.2) is 26.8 Å². The van der Waals surface area contributed by atoms with Gasteiger partial charge in [-0.15, -0.1) is 0 Å². The molecule has 0 fully saturated rings. The van der Waals surface area contributed by atoms with Crippen LogP contribution in [0.15, 0.2) is 18.2 Å². The Bertz CT molecular complexity index is 348. The van der Waals surface area contributed by atoms with Gasteiger partial charge in [0.15, 0.2) is 0 Å². The highest BCUT2D eigenvalue weighted by Crippen LogP contribution is 2.30. The van der Waals surface area contributed by atoms with Crippen molar-refractivity contribution in [1.82, 2.24) is 0 Å². The number of hydrogen-bond acceptors (Lipinski definition) is 4. The Morgan fingerprint density at radius 3 is 2.76 bits per heavy atom. The fourth-order valence-electron chi connectivity index (χ4n) is 1.30. The highest BCUT2D eigenvalue weighted by atomic mass is 19.3. The van der Waals surface area contributed by atoms with Crippen molar-refractivity contribution in [2.45, 2.75) is 13.0 Å². The fraction of sp³-hybridized carbons (Fsp3) is 0.455. The first-order valence-corrected chi connectivity index (χ1v) is 5.24. The first kappa shape index (κ1) is 13.5. The lowest BCUT2D eigenvalue weighted by Crippen LogP contribution is -2.10. The average Bonchev–Trinajstić information content (AvgIpc) is 2.30. The zero-order valence-electron chi connectivity index (χ0n) is 9.58. The zero-order valence-corrected chi connectivity index (χ0v) is 9.58. The molecule has 4 nitrogen and oxygen atoms in total. The predicted molar refractivity (Wildman–Crippen MR) is 61.8 cm³/mol. The maximum Gasteiger partial charge on any atom is 0.387 e. The van der Waals surface area contributed by atoms with Crippen LogP contribution in [-0.2, 0) is 0 Å². The van der Waals surface area contributed by atoms with E-state index in [0.717, 1.165) is 6.42 Å². The highest BCUT2D eigenvalue weighted by Gasteiger charge is 2.10. The number of nitrogens with two attached hydrogens (primary N) is 1. The van der Waals surface area contributed by atoms with E-state index in [9.17, 15) is 8.78 Å². The minimum absolute atomic E-state index is 0.0952. The molecule has 1 aromatic carbocycles. The van der Waals surface area contributed by atoms with Crippen LogP contribution in [0.2, 0.25) is 0 Å². The van der Waals surface area contributed by atoms with Gasteiger partial charge < -0.3 is 20.5 Å². The number of alkyl halides is 2. The first-order chi connectivity index (χ1) is 8.17. The van der Waals surface area contributed by atoms with Crippen LogP contribution >= 0.6 is 0 Å². The maximum atomic E-state index is 12.2. The summed E-state index contributed by atoms with van der Waals surface area (Å²) in [7, 11) is 1.51. The normalized spacial score (nSPS) is 10.4. The smallest absolute Gasteiger partial charge is 0.387 e. The van der Waals surface area contributed by atoms with Crippen LogP contribution < -0.4 is 20.5 Å². The fourth-order valence-corrected chi connectivity index (χ4v) is 1.30. The van der Waals surface area contributed by atoms with E-state index >= 15 is 0 Å². The number of ether oxygens (including phenoxy) is 2. The molecule has 0 aliphatic heterocycles. The Kier molecular flexibility index (Phi) is 5.48. The molecule has 0 spiro atoms. The Morgan fingerprint density at radius 2 is 2.18 bits per heavy atom. The molecule has 0 amide bonds. The van der Waals surface area contributed by atoms with Crippen molar-refractivity contribution in [3.63, 3.8) is 0 Å². The largest absolute Gasteiger partial charge is 0.497 e. The molecule has 0 saturated heterocycles. The second-order valence-corrected chi connectivity index (χ2v) is 3.31. The van der Waals surface area contributed by atoms with Crippen molar-refractivity contribution < 1.29 is 18.3 Å². The van der Waals surface area contributed by atoms with Gasteiger partial charge in [0.2, 0.25) is 0 Å². The van der Waals surface area contributed by atoms with Crippen molar-refractivity contribution in [2.75, 3.05) is 25.5 Å². The molecule has 0 saturated carbocycles. The molecule has 0 aliphatic rings. The Balaban J connectivity index is 2.79. The third-order valence-electron chi connectivity index (χ3n) is 2.10. The number of hydrogen-bond donors (Lipinski definition) is 2. The van der Waals surface area contributed by atoms with E-state index in [4.69, 9.17) is 10.5 Å². The molecule has 0 bridgehead atoms. The van der Waals surface area contributed by atoms with Gasteiger partial charge in [-0.25, -0.2) is 0 Å². The van der Waals surface area contributed by atoms with E-state index in [1.807, 2.05) is 0 Å². The average molecular weight is 246 g/mol. The SMILES string of the molecule is COc1ccc(OC(F)F)c(NCCCN)c1. The lowest BCUT2D eigenvalue weighted by Gasteiger charge is -2.13. The summed E-state index contributed by atoms with van der Waals surface area (Å²) in [5.74, 6) is 0.666. The molecule has 0 aliphatic carbocycles. The molecule has 0 unspecified atom stereocenters. The summed E-state index contributed by atoms with van der Waals surface area (Å²) in [4.78, 5) is 0. The Hall–Kier alpha value is -1.56. The minimum atomic E-state index is -2.85. The van der Waals surface area contributed by atoms with Crippen molar-refractivity contribution in [3.05, 3.63) is 18.2 Å². The van der Waals surface area contributed by atoms with Crippen LogP contribution in [0.25, 0.3) is 0 Å². The summed E-state index contributed by atoms with van der Waals surface area (Å²) >= 11 is 0. The van der Waals surface area contributed by atoms with Crippen LogP contribution in [0.3, 0.4) is 0 Å². The van der Waals surface area contributed by atoms with Crippen LogP contribution in [0.5, 0.6) is 11.5 Å². The summed E-state index contributed by atoms with van der Waals surface area (Å²) < 4.78 is 33.7. The highest BCUT2D eigenvalue weighted by molar-refractivity contribution is 5.59. The van der Waals surface area contributed by atoms with Gasteiger partial charge in [0.05, 0.1) is 12.8 Å². The third kappa shape index (κ3) is 4.44. The van der Waals surface area contributed by atoms with Gasteiger partial charge in [-0.2, -0.15) is 8.78 Å². The van der Waals surface area contributed by atoms with Gasteiger partial charge >= 0.3 is 6.61 Å². The predicted octanol–water partition coefficient (Wildman–Crippen LogP) is 2.06. The number of halogens is 2. The summed E-state index contributed by atoms with van der Waals surface area (Å²) in [6.45, 7) is -1.73. The standard InChI is InChI=1S/C11H16F2N2O2/c1-16-8-3-4-10(17-11(12)13)9(7-8)15-6-2-5-14/h3-4,7,11,15H,2,5-6,14H2,1H3. The Morgan fingerprint density at radius 1 is 1.41 bits per heavy atom. The van der Waals surface area contributed by atoms with Gasteiger partial charge in [-0.3, -0.25) is 0 Å². The number of methoxy groups -OCH3 is 1. The second-order valence-electron chi connectivity index (χ2n) is 3.31. The Labute approximate surface area is 98.7 Å². The molecule has 17 heavy (non-hydrogen) atoms. The van der Waals surface area contributed by atoms with E-state index in [1.54, 1.807) is 12.1 Å². The second kappa shape index (κ2) is 6.90. The van der Waals surface area contributed by atoms with E-state index < -0.39 is 6.61 Å². The summed E-state index contributed by atoms with van der Waals surface area (Å²) in [5, 5.41) is 2.98.